The number of carboxylic acids is 1. The molecule has 62 heavy (non-hydrogen) atoms. The molecule has 0 bridgehead atoms. The van der Waals surface area contributed by atoms with E-state index in [4.69, 9.17) is 39.1 Å². The van der Waals surface area contributed by atoms with Gasteiger partial charge in [0, 0.05) is 42.1 Å². The summed E-state index contributed by atoms with van der Waals surface area (Å²) in [6, 6.07) is 8.95. The quantitative estimate of drug-likeness (QED) is 0.0634. The van der Waals surface area contributed by atoms with E-state index < -0.39 is 78.8 Å². The average molecular weight is 863 g/mol. The molecule has 10 N–H and O–H groups in total. The van der Waals surface area contributed by atoms with E-state index in [9.17, 15) is 54.3 Å². The standard InChI is InChI=1S/C39H38N6O17/c40-4-3-27(46)43-22-5-15(1-2-24(22)61-38-33(51)31(49)32(50)34(62-38)36(53)54)12-58-39(56)42-10-28(47)41-9-18-16-7-25-26(60-14-59-25)8-21(16)44-29-19(18)11-45-23(29)6-17-20(35(45)52)13-57-37(55)30(17)48/h1-2,5-8,30-34,38,48-51H,3-4,9-14,40H2,(H,41,47)(H,42,56)(H,43,46)(H,53,54)/t30-,31-,32-,33+,34-,38+/m0/s1. The number of aliphatic hydroxyl groups excluding tert-OH is 4. The van der Waals surface area contributed by atoms with E-state index in [0.29, 0.717) is 50.5 Å². The van der Waals surface area contributed by atoms with Crippen molar-refractivity contribution in [2.24, 2.45) is 5.73 Å². The second kappa shape index (κ2) is 16.9. The number of anilines is 1. The van der Waals surface area contributed by atoms with Crippen molar-refractivity contribution in [1.82, 2.24) is 20.2 Å². The van der Waals surface area contributed by atoms with Crippen LogP contribution in [-0.4, -0.2) is 116 Å². The number of aliphatic carboxylic acids is 1. The molecule has 6 atom stereocenters. The highest BCUT2D eigenvalue weighted by molar-refractivity contribution is 5.93. The van der Waals surface area contributed by atoms with Gasteiger partial charge in [-0.05, 0) is 35.4 Å². The van der Waals surface area contributed by atoms with Crippen LogP contribution in [0.3, 0.4) is 0 Å². The van der Waals surface area contributed by atoms with Crippen LogP contribution in [0.2, 0.25) is 0 Å². The largest absolute Gasteiger partial charge is 0.479 e. The summed E-state index contributed by atoms with van der Waals surface area (Å²) in [5.41, 5.74) is 7.92. The maximum atomic E-state index is 13.6. The molecule has 0 saturated carbocycles. The lowest BCUT2D eigenvalue weighted by atomic mass is 9.98. The van der Waals surface area contributed by atoms with Gasteiger partial charge in [0.2, 0.25) is 24.9 Å². The summed E-state index contributed by atoms with van der Waals surface area (Å²) in [5, 5.41) is 58.8. The Bertz CT molecular complexity index is 2580. The fourth-order valence-corrected chi connectivity index (χ4v) is 7.39. The average Bonchev–Trinajstić information content (AvgIpc) is 3.86. The first-order chi connectivity index (χ1) is 29.7. The molecule has 23 nitrogen and oxygen atoms in total. The Kier molecular flexibility index (Phi) is 11.4. The summed E-state index contributed by atoms with van der Waals surface area (Å²) in [7, 11) is 0. The second-order valence-electron chi connectivity index (χ2n) is 14.5. The minimum Gasteiger partial charge on any atom is -0.479 e. The summed E-state index contributed by atoms with van der Waals surface area (Å²) < 4.78 is 33.6. The topological polar surface area (TPSA) is 339 Å². The summed E-state index contributed by atoms with van der Waals surface area (Å²) in [4.78, 5) is 80.4. The number of alkyl carbamates (subject to hydrolysis) is 1. The maximum Gasteiger partial charge on any atom is 0.407 e. The highest BCUT2D eigenvalue weighted by Crippen LogP contribution is 2.42. The summed E-state index contributed by atoms with van der Waals surface area (Å²) in [6.45, 7) is -1.27. The van der Waals surface area contributed by atoms with Gasteiger partial charge < -0.3 is 80.2 Å². The molecule has 8 rings (SSSR count). The zero-order chi connectivity index (χ0) is 44.0. The first-order valence-corrected chi connectivity index (χ1v) is 19.0. The molecule has 4 aliphatic rings. The number of pyridine rings is 2. The Balaban J connectivity index is 0.938. The van der Waals surface area contributed by atoms with Gasteiger partial charge in [-0.2, -0.15) is 0 Å². The molecule has 2 aromatic heterocycles. The minimum atomic E-state index is -1.96. The number of rotatable bonds is 12. The van der Waals surface area contributed by atoms with Gasteiger partial charge in [-0.1, -0.05) is 6.07 Å². The number of aromatic nitrogens is 2. The Morgan fingerprint density at radius 3 is 2.45 bits per heavy atom. The first-order valence-electron chi connectivity index (χ1n) is 19.0. The number of carbonyl (C=O) groups excluding carboxylic acids is 4. The molecule has 0 unspecified atom stereocenters. The van der Waals surface area contributed by atoms with Crippen LogP contribution >= 0.6 is 0 Å². The Hall–Kier alpha value is -6.89. The molecule has 1 saturated heterocycles. The molecule has 1 fully saturated rings. The van der Waals surface area contributed by atoms with Crippen LogP contribution in [0.25, 0.3) is 22.3 Å². The Morgan fingerprint density at radius 1 is 0.919 bits per heavy atom. The van der Waals surface area contributed by atoms with Crippen molar-refractivity contribution in [2.75, 3.05) is 25.2 Å². The van der Waals surface area contributed by atoms with E-state index in [-0.39, 0.29) is 68.6 Å². The third-order valence-electron chi connectivity index (χ3n) is 10.5. The number of nitrogens with two attached hydrogens (primary N) is 1. The van der Waals surface area contributed by atoms with Gasteiger partial charge in [-0.15, -0.1) is 0 Å². The van der Waals surface area contributed by atoms with Crippen LogP contribution in [0.5, 0.6) is 17.2 Å². The van der Waals surface area contributed by atoms with Gasteiger partial charge in [0.15, 0.2) is 23.7 Å². The number of nitrogens with zero attached hydrogens (tertiary/aromatic N) is 2. The number of carboxylic acid groups (broad SMARTS) is 1. The smallest absolute Gasteiger partial charge is 0.407 e. The summed E-state index contributed by atoms with van der Waals surface area (Å²) in [6.07, 6.45) is -12.3. The maximum absolute atomic E-state index is 13.6. The monoisotopic (exact) mass is 862 g/mol. The van der Waals surface area contributed by atoms with Gasteiger partial charge in [-0.25, -0.2) is 19.4 Å². The van der Waals surface area contributed by atoms with Crippen LogP contribution in [-0.2, 0) is 59.7 Å². The molecule has 2 aromatic carbocycles. The highest BCUT2D eigenvalue weighted by atomic mass is 16.7. The summed E-state index contributed by atoms with van der Waals surface area (Å²) >= 11 is 0. The van der Waals surface area contributed by atoms with Crippen LogP contribution < -0.4 is 41.5 Å². The van der Waals surface area contributed by atoms with Gasteiger partial charge in [0.25, 0.3) is 5.56 Å². The second-order valence-corrected chi connectivity index (χ2v) is 14.5. The Morgan fingerprint density at radius 2 is 1.69 bits per heavy atom. The lowest BCUT2D eigenvalue weighted by Gasteiger charge is -2.38. The van der Waals surface area contributed by atoms with Gasteiger partial charge in [0.1, 0.15) is 43.8 Å². The molecule has 4 aromatic rings. The lowest BCUT2D eigenvalue weighted by Crippen LogP contribution is -2.61. The third kappa shape index (κ3) is 7.90. The van der Waals surface area contributed by atoms with Crippen molar-refractivity contribution >= 4 is 46.4 Å². The van der Waals surface area contributed by atoms with Gasteiger partial charge >= 0.3 is 18.0 Å². The highest BCUT2D eigenvalue weighted by Gasteiger charge is 2.48. The number of ether oxygens (including phenoxy) is 6. The number of amides is 3. The molecule has 0 spiro atoms. The lowest BCUT2D eigenvalue weighted by molar-refractivity contribution is -0.271. The molecule has 4 aliphatic heterocycles. The predicted octanol–water partition coefficient (Wildman–Crippen LogP) is -1.65. The van der Waals surface area contributed by atoms with Crippen molar-refractivity contribution in [3.63, 3.8) is 0 Å². The predicted molar refractivity (Wildman–Crippen MR) is 205 cm³/mol. The molecule has 0 aliphatic carbocycles. The van der Waals surface area contributed by atoms with E-state index in [2.05, 4.69) is 16.0 Å². The number of hydrogen-bond acceptors (Lipinski definition) is 18. The molecule has 0 radical (unpaired) electrons. The van der Waals surface area contributed by atoms with Crippen molar-refractivity contribution in [2.45, 2.75) is 69.5 Å². The SMILES string of the molecule is NCCC(=O)Nc1cc(COC(=O)NCC(=O)NCc2c3c(nc4cc5c(cc24)OCO5)-c2cc4c(c(=O)n2C3)COC(=O)[C@H]4O)ccc1O[C@@H]1O[C@H](C(=O)O)[C@@H](O)[C@H](O)[C@H]1O. The van der Waals surface area contributed by atoms with E-state index in [0.717, 1.165) is 0 Å². The van der Waals surface area contributed by atoms with Crippen LogP contribution in [0, 0.1) is 0 Å². The van der Waals surface area contributed by atoms with Gasteiger partial charge in [0.05, 0.1) is 34.7 Å². The number of carbonyl (C=O) groups is 5. The van der Waals surface area contributed by atoms with E-state index >= 15 is 0 Å². The fraction of sp³-hybridized carbons (Fsp3) is 0.359. The Labute approximate surface area is 347 Å². The molecule has 326 valence electrons. The number of hydrogen-bond donors (Lipinski definition) is 9. The van der Waals surface area contributed by atoms with E-state index in [1.54, 1.807) is 12.1 Å². The van der Waals surface area contributed by atoms with E-state index in [1.807, 2.05) is 0 Å². The number of nitrogens with one attached hydrogen (secondary N) is 3. The van der Waals surface area contributed by atoms with Crippen molar-refractivity contribution in [3.8, 4) is 28.6 Å². The third-order valence-corrected chi connectivity index (χ3v) is 10.5. The number of esters is 1. The van der Waals surface area contributed by atoms with Crippen LogP contribution in [0.4, 0.5) is 10.5 Å². The fourth-order valence-electron chi connectivity index (χ4n) is 7.39. The number of cyclic esters (lactones) is 1. The number of fused-ring (bicyclic) bond motifs is 6. The zero-order valence-corrected chi connectivity index (χ0v) is 32.2. The number of benzene rings is 2. The zero-order valence-electron chi connectivity index (χ0n) is 32.2. The first kappa shape index (κ1) is 41.8. The van der Waals surface area contributed by atoms with Crippen LogP contribution in [0.15, 0.2) is 41.2 Å². The van der Waals surface area contributed by atoms with Gasteiger partial charge in [-0.3, -0.25) is 14.4 Å². The molecular formula is C39H38N6O17. The normalized spacial score (nSPS) is 21.9. The van der Waals surface area contributed by atoms with Crippen LogP contribution in [0.1, 0.15) is 40.3 Å². The molecule has 23 heteroatoms. The summed E-state index contributed by atoms with van der Waals surface area (Å²) in [5.74, 6) is -2.94. The van der Waals surface area contributed by atoms with E-state index in [1.165, 1.54) is 28.8 Å². The molecule has 3 amide bonds. The minimum absolute atomic E-state index is 0.00987. The molecular weight excluding hydrogens is 824 g/mol. The number of aliphatic hydroxyl groups is 4. The van der Waals surface area contributed by atoms with Crippen molar-refractivity contribution in [1.29, 1.82) is 0 Å². The van der Waals surface area contributed by atoms with Crippen molar-refractivity contribution < 1.29 is 77.9 Å². The molecule has 6 heterocycles. The van der Waals surface area contributed by atoms with Crippen molar-refractivity contribution in [3.05, 3.63) is 74.6 Å².